The molecule has 1 unspecified atom stereocenters. The van der Waals surface area contributed by atoms with Crippen LogP contribution >= 0.6 is 11.3 Å². The summed E-state index contributed by atoms with van der Waals surface area (Å²) in [5, 5.41) is 2.21. The standard InChI is InChI=1S/C10H15NS/c1-8-4-6-12-10(8)9-3-5-11(2)7-9/h4,6,9H,3,5,7H2,1-2H3. The molecule has 1 atom stereocenters. The Hall–Kier alpha value is -0.340. The van der Waals surface area contributed by atoms with Gasteiger partial charge in [0.25, 0.3) is 0 Å². The van der Waals surface area contributed by atoms with E-state index in [4.69, 9.17) is 0 Å². The fourth-order valence-corrected chi connectivity index (χ4v) is 3.01. The summed E-state index contributed by atoms with van der Waals surface area (Å²) >= 11 is 1.92. The van der Waals surface area contributed by atoms with Crippen LogP contribution in [0.1, 0.15) is 22.8 Å². The summed E-state index contributed by atoms with van der Waals surface area (Å²) in [5.74, 6) is 0.815. The van der Waals surface area contributed by atoms with Gasteiger partial charge in [-0.05, 0) is 43.9 Å². The molecular formula is C10H15NS. The lowest BCUT2D eigenvalue weighted by atomic mass is 10.0. The number of likely N-dealkylation sites (tertiary alicyclic amines) is 1. The maximum atomic E-state index is 2.42. The van der Waals surface area contributed by atoms with Crippen molar-refractivity contribution in [3.8, 4) is 0 Å². The number of likely N-dealkylation sites (N-methyl/N-ethyl adjacent to an activating group) is 1. The maximum Gasteiger partial charge on any atom is 0.0119 e. The van der Waals surface area contributed by atoms with E-state index in [2.05, 4.69) is 30.3 Å². The molecule has 1 nitrogen and oxygen atoms in total. The third-order valence-electron chi connectivity index (χ3n) is 2.66. The molecule has 0 aliphatic carbocycles. The fraction of sp³-hybridized carbons (Fsp3) is 0.600. The van der Waals surface area contributed by atoms with Crippen molar-refractivity contribution in [2.24, 2.45) is 0 Å². The Balaban J connectivity index is 2.16. The molecule has 1 aromatic rings. The lowest BCUT2D eigenvalue weighted by Crippen LogP contribution is -2.13. The van der Waals surface area contributed by atoms with Gasteiger partial charge < -0.3 is 4.90 Å². The highest BCUT2D eigenvalue weighted by Gasteiger charge is 2.22. The Morgan fingerprint density at radius 1 is 1.58 bits per heavy atom. The predicted octanol–water partition coefficient (Wildman–Crippen LogP) is 2.48. The summed E-state index contributed by atoms with van der Waals surface area (Å²) in [4.78, 5) is 4.03. The number of aryl methyl sites for hydroxylation is 1. The van der Waals surface area contributed by atoms with E-state index in [1.165, 1.54) is 25.1 Å². The molecule has 0 bridgehead atoms. The van der Waals surface area contributed by atoms with Crippen LogP contribution in [0.15, 0.2) is 11.4 Å². The van der Waals surface area contributed by atoms with Gasteiger partial charge in [0.1, 0.15) is 0 Å². The van der Waals surface area contributed by atoms with Gasteiger partial charge in [0.05, 0.1) is 0 Å². The van der Waals surface area contributed by atoms with Crippen molar-refractivity contribution in [3.63, 3.8) is 0 Å². The van der Waals surface area contributed by atoms with E-state index in [-0.39, 0.29) is 0 Å². The van der Waals surface area contributed by atoms with Crippen LogP contribution < -0.4 is 0 Å². The average molecular weight is 181 g/mol. The van der Waals surface area contributed by atoms with Crippen LogP contribution in [0.25, 0.3) is 0 Å². The van der Waals surface area contributed by atoms with Crippen molar-refractivity contribution in [2.75, 3.05) is 20.1 Å². The molecule has 12 heavy (non-hydrogen) atoms. The number of nitrogens with zero attached hydrogens (tertiary/aromatic N) is 1. The van der Waals surface area contributed by atoms with Gasteiger partial charge in [-0.3, -0.25) is 0 Å². The van der Waals surface area contributed by atoms with Crippen molar-refractivity contribution < 1.29 is 0 Å². The highest BCUT2D eigenvalue weighted by molar-refractivity contribution is 7.10. The van der Waals surface area contributed by atoms with E-state index in [1.54, 1.807) is 4.88 Å². The molecule has 2 heterocycles. The molecule has 0 N–H and O–H groups in total. The van der Waals surface area contributed by atoms with Crippen LogP contribution in [-0.4, -0.2) is 25.0 Å². The fourth-order valence-electron chi connectivity index (χ4n) is 1.95. The van der Waals surface area contributed by atoms with E-state index in [1.807, 2.05) is 11.3 Å². The Labute approximate surface area is 78.0 Å². The Morgan fingerprint density at radius 2 is 2.42 bits per heavy atom. The van der Waals surface area contributed by atoms with Gasteiger partial charge in [0.2, 0.25) is 0 Å². The lowest BCUT2D eigenvalue weighted by Gasteiger charge is -2.09. The zero-order chi connectivity index (χ0) is 8.55. The molecule has 2 heteroatoms. The van der Waals surface area contributed by atoms with Crippen LogP contribution in [0.2, 0.25) is 0 Å². The minimum atomic E-state index is 0.815. The van der Waals surface area contributed by atoms with Crippen molar-refractivity contribution in [3.05, 3.63) is 21.9 Å². The Morgan fingerprint density at radius 3 is 2.92 bits per heavy atom. The number of hydrogen-bond acceptors (Lipinski definition) is 2. The third kappa shape index (κ3) is 1.41. The lowest BCUT2D eigenvalue weighted by molar-refractivity contribution is 0.412. The molecule has 0 aromatic carbocycles. The van der Waals surface area contributed by atoms with Crippen molar-refractivity contribution in [1.82, 2.24) is 4.90 Å². The van der Waals surface area contributed by atoms with Crippen LogP contribution in [0.4, 0.5) is 0 Å². The van der Waals surface area contributed by atoms with Gasteiger partial charge in [-0.15, -0.1) is 11.3 Å². The molecule has 0 spiro atoms. The second-order valence-corrected chi connectivity index (χ2v) is 4.66. The van der Waals surface area contributed by atoms with E-state index < -0.39 is 0 Å². The normalized spacial score (nSPS) is 25.0. The summed E-state index contributed by atoms with van der Waals surface area (Å²) < 4.78 is 0. The first-order chi connectivity index (χ1) is 5.77. The summed E-state index contributed by atoms with van der Waals surface area (Å²) in [6.45, 7) is 4.74. The molecule has 0 amide bonds. The van der Waals surface area contributed by atoms with E-state index in [9.17, 15) is 0 Å². The van der Waals surface area contributed by atoms with E-state index in [0.29, 0.717) is 0 Å². The first-order valence-corrected chi connectivity index (χ1v) is 5.38. The highest BCUT2D eigenvalue weighted by atomic mass is 32.1. The van der Waals surface area contributed by atoms with Crippen LogP contribution in [0, 0.1) is 6.92 Å². The van der Waals surface area contributed by atoms with Crippen molar-refractivity contribution in [1.29, 1.82) is 0 Å². The second kappa shape index (κ2) is 3.19. The van der Waals surface area contributed by atoms with Crippen LogP contribution in [0.5, 0.6) is 0 Å². The molecule has 1 saturated heterocycles. The van der Waals surface area contributed by atoms with Gasteiger partial charge in [0, 0.05) is 17.3 Å². The summed E-state index contributed by atoms with van der Waals surface area (Å²) in [6.07, 6.45) is 1.35. The smallest absolute Gasteiger partial charge is 0.0119 e. The first-order valence-electron chi connectivity index (χ1n) is 4.50. The minimum Gasteiger partial charge on any atom is -0.306 e. The largest absolute Gasteiger partial charge is 0.306 e. The molecule has 2 rings (SSSR count). The summed E-state index contributed by atoms with van der Waals surface area (Å²) in [5.41, 5.74) is 1.49. The molecule has 1 aliphatic heterocycles. The second-order valence-electron chi connectivity index (χ2n) is 3.72. The third-order valence-corrected chi connectivity index (χ3v) is 3.85. The van der Waals surface area contributed by atoms with Crippen LogP contribution in [-0.2, 0) is 0 Å². The molecule has 1 aliphatic rings. The van der Waals surface area contributed by atoms with Gasteiger partial charge >= 0.3 is 0 Å². The van der Waals surface area contributed by atoms with E-state index >= 15 is 0 Å². The first kappa shape index (κ1) is 8.27. The maximum absolute atomic E-state index is 2.42. The summed E-state index contributed by atoms with van der Waals surface area (Å²) in [6, 6.07) is 2.23. The molecule has 66 valence electrons. The van der Waals surface area contributed by atoms with Gasteiger partial charge in [-0.25, -0.2) is 0 Å². The number of thiophene rings is 1. The number of hydrogen-bond donors (Lipinski definition) is 0. The summed E-state index contributed by atoms with van der Waals surface area (Å²) in [7, 11) is 2.21. The average Bonchev–Trinajstić information content (AvgIpc) is 2.58. The van der Waals surface area contributed by atoms with Crippen molar-refractivity contribution >= 4 is 11.3 Å². The van der Waals surface area contributed by atoms with Gasteiger partial charge in [-0.1, -0.05) is 0 Å². The van der Waals surface area contributed by atoms with E-state index in [0.717, 1.165) is 5.92 Å². The zero-order valence-electron chi connectivity index (χ0n) is 7.71. The molecule has 1 fully saturated rings. The Kier molecular flexibility index (Phi) is 2.20. The van der Waals surface area contributed by atoms with Crippen LogP contribution in [0.3, 0.4) is 0 Å². The topological polar surface area (TPSA) is 3.24 Å². The Bertz CT molecular complexity index is 267. The SMILES string of the molecule is Cc1ccsc1C1CCN(C)C1. The quantitative estimate of drug-likeness (QED) is 0.643. The highest BCUT2D eigenvalue weighted by Crippen LogP contribution is 2.32. The minimum absolute atomic E-state index is 0.815. The molecule has 1 aromatic heterocycles. The number of rotatable bonds is 1. The monoisotopic (exact) mass is 181 g/mol. The predicted molar refractivity (Wildman–Crippen MR) is 53.9 cm³/mol. The zero-order valence-corrected chi connectivity index (χ0v) is 8.53. The van der Waals surface area contributed by atoms with Crippen molar-refractivity contribution in [2.45, 2.75) is 19.3 Å². The van der Waals surface area contributed by atoms with Gasteiger partial charge in [0.15, 0.2) is 0 Å². The molecule has 0 radical (unpaired) electrons. The molecule has 0 saturated carbocycles. The molecular weight excluding hydrogens is 166 g/mol. The van der Waals surface area contributed by atoms with Gasteiger partial charge in [-0.2, -0.15) is 0 Å².